The van der Waals surface area contributed by atoms with Crippen molar-refractivity contribution >= 4 is 29.6 Å². The standard InChI is InChI=1S/C15H15ClN2O3/c16-12-5-3-11(4-6-12)2-1-8-18-13(19)15(17-14(18)20)7-9-21-10-15/h1-6H,7-10H2,(H,17,20)/b2-1+. The summed E-state index contributed by atoms with van der Waals surface area (Å²) in [6.45, 7) is 1.00. The summed E-state index contributed by atoms with van der Waals surface area (Å²) < 4.78 is 5.24. The predicted octanol–water partition coefficient (Wildman–Crippen LogP) is 2.06. The summed E-state index contributed by atoms with van der Waals surface area (Å²) in [5.74, 6) is -0.203. The Balaban J connectivity index is 1.66. The molecule has 2 heterocycles. The van der Waals surface area contributed by atoms with Crippen molar-refractivity contribution in [3.63, 3.8) is 0 Å². The highest BCUT2D eigenvalue weighted by molar-refractivity contribution is 6.30. The van der Waals surface area contributed by atoms with Gasteiger partial charge in [-0.1, -0.05) is 35.9 Å². The second-order valence-electron chi connectivity index (χ2n) is 5.18. The average molecular weight is 307 g/mol. The maximum Gasteiger partial charge on any atom is 0.325 e. The van der Waals surface area contributed by atoms with Crippen LogP contribution in [-0.2, 0) is 9.53 Å². The van der Waals surface area contributed by atoms with Crippen LogP contribution in [0.25, 0.3) is 6.08 Å². The van der Waals surface area contributed by atoms with Gasteiger partial charge in [-0.2, -0.15) is 0 Å². The van der Waals surface area contributed by atoms with Gasteiger partial charge >= 0.3 is 6.03 Å². The predicted molar refractivity (Wildman–Crippen MR) is 78.9 cm³/mol. The number of carbonyl (C=O) groups is 2. The summed E-state index contributed by atoms with van der Waals surface area (Å²) in [7, 11) is 0. The summed E-state index contributed by atoms with van der Waals surface area (Å²) in [6.07, 6.45) is 4.18. The van der Waals surface area contributed by atoms with E-state index in [0.717, 1.165) is 5.56 Å². The summed E-state index contributed by atoms with van der Waals surface area (Å²) in [5, 5.41) is 3.42. The number of halogens is 1. The molecule has 6 heteroatoms. The number of imide groups is 1. The second kappa shape index (κ2) is 5.50. The second-order valence-corrected chi connectivity index (χ2v) is 5.62. The fourth-order valence-electron chi connectivity index (χ4n) is 2.54. The molecule has 3 rings (SSSR count). The van der Waals surface area contributed by atoms with Gasteiger partial charge in [0.2, 0.25) is 0 Å². The molecule has 3 amide bonds. The average Bonchev–Trinajstić information content (AvgIpc) is 3.02. The van der Waals surface area contributed by atoms with Crippen molar-refractivity contribution in [2.75, 3.05) is 19.8 Å². The Morgan fingerprint density at radius 2 is 2.10 bits per heavy atom. The summed E-state index contributed by atoms with van der Waals surface area (Å²) in [5.41, 5.74) is 0.121. The summed E-state index contributed by atoms with van der Waals surface area (Å²) in [6, 6.07) is 6.97. The first-order chi connectivity index (χ1) is 10.1. The molecule has 1 atom stereocenters. The molecule has 0 bridgehead atoms. The zero-order chi connectivity index (χ0) is 14.9. The molecule has 0 saturated carbocycles. The first kappa shape index (κ1) is 14.1. The van der Waals surface area contributed by atoms with Crippen molar-refractivity contribution in [1.29, 1.82) is 0 Å². The minimum atomic E-state index is -0.842. The van der Waals surface area contributed by atoms with Crippen molar-refractivity contribution in [2.24, 2.45) is 0 Å². The van der Waals surface area contributed by atoms with E-state index < -0.39 is 5.54 Å². The van der Waals surface area contributed by atoms with Gasteiger partial charge in [0.05, 0.1) is 6.61 Å². The van der Waals surface area contributed by atoms with E-state index in [4.69, 9.17) is 16.3 Å². The first-order valence-electron chi connectivity index (χ1n) is 6.75. The van der Waals surface area contributed by atoms with Crippen molar-refractivity contribution in [1.82, 2.24) is 10.2 Å². The van der Waals surface area contributed by atoms with E-state index in [2.05, 4.69) is 5.32 Å². The van der Waals surface area contributed by atoms with Crippen LogP contribution >= 0.6 is 11.6 Å². The molecular weight excluding hydrogens is 292 g/mol. The highest BCUT2D eigenvalue weighted by Gasteiger charge is 2.53. The minimum absolute atomic E-state index is 0.203. The molecule has 2 fully saturated rings. The van der Waals surface area contributed by atoms with E-state index in [1.165, 1.54) is 4.90 Å². The van der Waals surface area contributed by atoms with Crippen LogP contribution in [0.5, 0.6) is 0 Å². The van der Waals surface area contributed by atoms with Crippen molar-refractivity contribution in [3.8, 4) is 0 Å². The Morgan fingerprint density at radius 1 is 1.33 bits per heavy atom. The third-order valence-corrected chi connectivity index (χ3v) is 3.99. The van der Waals surface area contributed by atoms with Crippen molar-refractivity contribution < 1.29 is 14.3 Å². The van der Waals surface area contributed by atoms with E-state index in [1.54, 1.807) is 18.2 Å². The Morgan fingerprint density at radius 3 is 2.76 bits per heavy atom. The first-order valence-corrected chi connectivity index (χ1v) is 7.12. The van der Waals surface area contributed by atoms with Crippen LogP contribution in [0.1, 0.15) is 12.0 Å². The number of carbonyl (C=O) groups excluding carboxylic acids is 2. The SMILES string of the molecule is O=C1NC2(CCOC2)C(=O)N1C/C=C/c1ccc(Cl)cc1. The van der Waals surface area contributed by atoms with Crippen LogP contribution in [0.3, 0.4) is 0 Å². The molecule has 2 aliphatic rings. The zero-order valence-corrected chi connectivity index (χ0v) is 12.1. The number of nitrogens with one attached hydrogen (secondary N) is 1. The Labute approximate surface area is 127 Å². The molecule has 5 nitrogen and oxygen atoms in total. The van der Waals surface area contributed by atoms with Gasteiger partial charge in [-0.3, -0.25) is 9.69 Å². The van der Waals surface area contributed by atoms with Gasteiger partial charge in [-0.25, -0.2) is 4.79 Å². The zero-order valence-electron chi connectivity index (χ0n) is 11.3. The van der Waals surface area contributed by atoms with Crippen LogP contribution in [0, 0.1) is 0 Å². The number of ether oxygens (including phenoxy) is 1. The molecule has 1 aromatic rings. The van der Waals surface area contributed by atoms with Gasteiger partial charge in [-0.05, 0) is 17.7 Å². The quantitative estimate of drug-likeness (QED) is 0.870. The van der Waals surface area contributed by atoms with Crippen molar-refractivity contribution in [3.05, 3.63) is 40.9 Å². The molecule has 21 heavy (non-hydrogen) atoms. The Kier molecular flexibility index (Phi) is 3.69. The van der Waals surface area contributed by atoms with Crippen LogP contribution < -0.4 is 5.32 Å². The third-order valence-electron chi connectivity index (χ3n) is 3.74. The van der Waals surface area contributed by atoms with Gasteiger partial charge in [0.1, 0.15) is 5.54 Å². The van der Waals surface area contributed by atoms with E-state index in [9.17, 15) is 9.59 Å². The van der Waals surface area contributed by atoms with Crippen molar-refractivity contribution in [2.45, 2.75) is 12.0 Å². The molecule has 0 radical (unpaired) electrons. The number of benzene rings is 1. The molecule has 2 aliphatic heterocycles. The van der Waals surface area contributed by atoms with Gasteiger partial charge in [-0.15, -0.1) is 0 Å². The molecule has 110 valence electrons. The third kappa shape index (κ3) is 2.66. The molecule has 1 spiro atoms. The van der Waals surface area contributed by atoms with Gasteiger partial charge in [0.15, 0.2) is 0 Å². The highest BCUT2D eigenvalue weighted by atomic mass is 35.5. The fourth-order valence-corrected chi connectivity index (χ4v) is 2.67. The Bertz CT molecular complexity index is 591. The number of hydrogen-bond acceptors (Lipinski definition) is 3. The number of urea groups is 1. The minimum Gasteiger partial charge on any atom is -0.378 e. The summed E-state index contributed by atoms with van der Waals surface area (Å²) >= 11 is 5.82. The molecule has 1 aromatic carbocycles. The summed E-state index contributed by atoms with van der Waals surface area (Å²) in [4.78, 5) is 25.5. The number of nitrogens with zero attached hydrogens (tertiary/aromatic N) is 1. The number of hydrogen-bond donors (Lipinski definition) is 1. The Hall–Kier alpha value is -1.85. The number of amides is 3. The highest BCUT2D eigenvalue weighted by Crippen LogP contribution is 2.26. The van der Waals surface area contributed by atoms with Gasteiger partial charge in [0, 0.05) is 24.6 Å². The largest absolute Gasteiger partial charge is 0.378 e. The lowest BCUT2D eigenvalue weighted by Crippen LogP contribution is -2.47. The van der Waals surface area contributed by atoms with Crippen LogP contribution in [0.2, 0.25) is 5.02 Å². The van der Waals surface area contributed by atoms with E-state index in [0.29, 0.717) is 18.1 Å². The van der Waals surface area contributed by atoms with E-state index in [1.807, 2.05) is 18.2 Å². The monoisotopic (exact) mass is 306 g/mol. The molecular formula is C15H15ClN2O3. The lowest BCUT2D eigenvalue weighted by molar-refractivity contribution is -0.130. The molecule has 0 aliphatic carbocycles. The maximum atomic E-state index is 12.3. The molecule has 1 unspecified atom stereocenters. The van der Waals surface area contributed by atoms with E-state index in [-0.39, 0.29) is 25.1 Å². The fraction of sp³-hybridized carbons (Fsp3) is 0.333. The van der Waals surface area contributed by atoms with Crippen LogP contribution in [0.4, 0.5) is 4.79 Å². The molecule has 2 saturated heterocycles. The van der Waals surface area contributed by atoms with E-state index >= 15 is 0 Å². The molecule has 1 N–H and O–H groups in total. The lowest BCUT2D eigenvalue weighted by Gasteiger charge is -2.17. The van der Waals surface area contributed by atoms with Gasteiger partial charge in [0.25, 0.3) is 5.91 Å². The molecule has 0 aromatic heterocycles. The smallest absolute Gasteiger partial charge is 0.325 e. The number of rotatable bonds is 3. The maximum absolute atomic E-state index is 12.3. The van der Waals surface area contributed by atoms with Crippen LogP contribution in [0.15, 0.2) is 30.3 Å². The normalized spacial score (nSPS) is 25.3. The topological polar surface area (TPSA) is 58.6 Å². The van der Waals surface area contributed by atoms with Crippen LogP contribution in [-0.4, -0.2) is 42.1 Å². The lowest BCUT2D eigenvalue weighted by atomic mass is 9.99. The van der Waals surface area contributed by atoms with Gasteiger partial charge < -0.3 is 10.1 Å².